The van der Waals surface area contributed by atoms with Crippen LogP contribution in [0, 0.1) is 11.8 Å². The number of likely N-dealkylation sites (N-methyl/N-ethyl adjacent to an activating group) is 1. The molecule has 0 amide bonds. The smallest absolute Gasteiger partial charge is 0.0241 e. The first-order valence-corrected chi connectivity index (χ1v) is 7.42. The summed E-state index contributed by atoms with van der Waals surface area (Å²) in [5, 5.41) is 0. The fraction of sp³-hybridized carbons (Fsp3) is 0.647. The van der Waals surface area contributed by atoms with Crippen molar-refractivity contribution in [1.82, 2.24) is 4.90 Å². The third kappa shape index (κ3) is 5.33. The van der Waals surface area contributed by atoms with Gasteiger partial charge in [-0.1, -0.05) is 52.0 Å². The Morgan fingerprint density at radius 1 is 1.00 bits per heavy atom. The second kappa shape index (κ2) is 7.66. The number of hydrogen-bond acceptors (Lipinski definition) is 2. The maximum Gasteiger partial charge on any atom is 0.0241 e. The van der Waals surface area contributed by atoms with Gasteiger partial charge in [0.25, 0.3) is 0 Å². The van der Waals surface area contributed by atoms with E-state index in [2.05, 4.69) is 63.9 Å². The summed E-state index contributed by atoms with van der Waals surface area (Å²) in [7, 11) is 2.17. The molecule has 1 atom stereocenters. The maximum absolute atomic E-state index is 5.87. The molecule has 19 heavy (non-hydrogen) atoms. The van der Waals surface area contributed by atoms with Crippen molar-refractivity contribution in [2.24, 2.45) is 17.6 Å². The molecule has 1 aromatic rings. The Kier molecular flexibility index (Phi) is 6.53. The van der Waals surface area contributed by atoms with Crippen molar-refractivity contribution < 1.29 is 0 Å². The Balaban J connectivity index is 2.62. The van der Waals surface area contributed by atoms with Crippen LogP contribution in [0.15, 0.2) is 24.3 Å². The zero-order valence-electron chi connectivity index (χ0n) is 13.2. The van der Waals surface area contributed by atoms with Crippen LogP contribution in [-0.4, -0.2) is 24.5 Å². The van der Waals surface area contributed by atoms with Crippen LogP contribution >= 0.6 is 0 Å². The number of rotatable bonds is 7. The van der Waals surface area contributed by atoms with E-state index in [1.807, 2.05) is 0 Å². The molecule has 0 bridgehead atoms. The van der Waals surface area contributed by atoms with E-state index in [9.17, 15) is 0 Å². The van der Waals surface area contributed by atoms with Gasteiger partial charge >= 0.3 is 0 Å². The first kappa shape index (κ1) is 16.2. The average molecular weight is 262 g/mol. The highest BCUT2D eigenvalue weighted by molar-refractivity contribution is 5.22. The molecule has 0 heterocycles. The molecule has 2 N–H and O–H groups in total. The Bertz CT molecular complexity index is 354. The first-order chi connectivity index (χ1) is 8.93. The van der Waals surface area contributed by atoms with Gasteiger partial charge in [-0.25, -0.2) is 0 Å². The van der Waals surface area contributed by atoms with E-state index >= 15 is 0 Å². The quantitative estimate of drug-likeness (QED) is 0.817. The lowest BCUT2D eigenvalue weighted by atomic mass is 10.0. The van der Waals surface area contributed by atoms with E-state index < -0.39 is 0 Å². The minimum Gasteiger partial charge on any atom is -0.329 e. The van der Waals surface area contributed by atoms with Gasteiger partial charge in [0, 0.05) is 19.1 Å². The fourth-order valence-electron chi connectivity index (χ4n) is 2.62. The zero-order valence-corrected chi connectivity index (χ0v) is 13.2. The second-order valence-electron chi connectivity index (χ2n) is 6.38. The number of hydrogen-bond donors (Lipinski definition) is 1. The molecule has 0 aromatic heterocycles. The lowest BCUT2D eigenvalue weighted by Crippen LogP contribution is -2.41. The molecular weight excluding hydrogens is 232 g/mol. The number of nitrogens with two attached hydrogens (primary N) is 1. The Morgan fingerprint density at radius 3 is 1.95 bits per heavy atom. The van der Waals surface area contributed by atoms with Crippen LogP contribution in [0.1, 0.15) is 38.8 Å². The number of nitrogens with zero attached hydrogens (tertiary/aromatic N) is 1. The van der Waals surface area contributed by atoms with E-state index in [0.717, 1.165) is 25.4 Å². The summed E-state index contributed by atoms with van der Waals surface area (Å²) in [5.41, 5.74) is 8.67. The van der Waals surface area contributed by atoms with Crippen molar-refractivity contribution in [1.29, 1.82) is 0 Å². The van der Waals surface area contributed by atoms with Crippen LogP contribution in [0.4, 0.5) is 0 Å². The molecule has 108 valence electrons. The topological polar surface area (TPSA) is 29.3 Å². The summed E-state index contributed by atoms with van der Waals surface area (Å²) < 4.78 is 0. The van der Waals surface area contributed by atoms with Gasteiger partial charge in [0.1, 0.15) is 0 Å². The van der Waals surface area contributed by atoms with E-state index in [1.54, 1.807) is 0 Å². The minimum atomic E-state index is 0.454. The molecule has 0 spiro atoms. The molecule has 0 radical (unpaired) electrons. The summed E-state index contributed by atoms with van der Waals surface area (Å²) in [5.74, 6) is 1.31. The fourth-order valence-corrected chi connectivity index (χ4v) is 2.62. The molecule has 0 fully saturated rings. The molecule has 1 aromatic carbocycles. The predicted octanol–water partition coefficient (Wildman–Crippen LogP) is 3.30. The van der Waals surface area contributed by atoms with Gasteiger partial charge in [-0.3, -0.25) is 4.90 Å². The first-order valence-electron chi connectivity index (χ1n) is 7.42. The summed E-state index contributed by atoms with van der Waals surface area (Å²) >= 11 is 0. The van der Waals surface area contributed by atoms with Gasteiger partial charge < -0.3 is 5.73 Å². The third-order valence-electron chi connectivity index (χ3n) is 3.68. The SMILES string of the molecule is CC(C)Cc1ccc(CN(C)C(CN)C(C)C)cc1. The van der Waals surface area contributed by atoms with E-state index in [0.29, 0.717) is 12.0 Å². The Labute approximate surface area is 119 Å². The minimum absolute atomic E-state index is 0.454. The van der Waals surface area contributed by atoms with Crippen molar-refractivity contribution in [2.75, 3.05) is 13.6 Å². The van der Waals surface area contributed by atoms with Crippen LogP contribution in [-0.2, 0) is 13.0 Å². The van der Waals surface area contributed by atoms with Gasteiger partial charge in [0.05, 0.1) is 0 Å². The van der Waals surface area contributed by atoms with E-state index in [1.165, 1.54) is 11.1 Å². The molecule has 1 unspecified atom stereocenters. The molecule has 1 rings (SSSR count). The van der Waals surface area contributed by atoms with Gasteiger partial charge in [0.2, 0.25) is 0 Å². The van der Waals surface area contributed by atoms with Gasteiger partial charge in [-0.2, -0.15) is 0 Å². The van der Waals surface area contributed by atoms with Crippen molar-refractivity contribution in [2.45, 2.75) is 46.7 Å². The van der Waals surface area contributed by atoms with E-state index in [-0.39, 0.29) is 0 Å². The normalized spacial score (nSPS) is 13.5. The van der Waals surface area contributed by atoms with Crippen LogP contribution in [0.25, 0.3) is 0 Å². The highest BCUT2D eigenvalue weighted by Crippen LogP contribution is 2.14. The van der Waals surface area contributed by atoms with Crippen molar-refractivity contribution >= 4 is 0 Å². The summed E-state index contributed by atoms with van der Waals surface area (Å²) in [6.07, 6.45) is 1.16. The van der Waals surface area contributed by atoms with Crippen LogP contribution in [0.2, 0.25) is 0 Å². The second-order valence-corrected chi connectivity index (χ2v) is 6.38. The Hall–Kier alpha value is -0.860. The van der Waals surface area contributed by atoms with Crippen molar-refractivity contribution in [3.8, 4) is 0 Å². The van der Waals surface area contributed by atoms with Crippen LogP contribution < -0.4 is 5.73 Å². The highest BCUT2D eigenvalue weighted by Gasteiger charge is 2.16. The van der Waals surface area contributed by atoms with Crippen molar-refractivity contribution in [3.05, 3.63) is 35.4 Å². The highest BCUT2D eigenvalue weighted by atomic mass is 15.1. The summed E-state index contributed by atoms with van der Waals surface area (Å²) in [4.78, 5) is 2.36. The van der Waals surface area contributed by atoms with Crippen molar-refractivity contribution in [3.63, 3.8) is 0 Å². The van der Waals surface area contributed by atoms with Gasteiger partial charge in [-0.05, 0) is 36.4 Å². The third-order valence-corrected chi connectivity index (χ3v) is 3.68. The molecular formula is C17H30N2. The maximum atomic E-state index is 5.87. The molecule has 0 saturated heterocycles. The average Bonchev–Trinajstić information content (AvgIpc) is 2.31. The monoisotopic (exact) mass is 262 g/mol. The van der Waals surface area contributed by atoms with E-state index in [4.69, 9.17) is 5.73 Å². The largest absolute Gasteiger partial charge is 0.329 e. The lowest BCUT2D eigenvalue weighted by Gasteiger charge is -2.30. The van der Waals surface area contributed by atoms with Gasteiger partial charge in [0.15, 0.2) is 0 Å². The molecule has 0 aliphatic carbocycles. The number of benzene rings is 1. The summed E-state index contributed by atoms with van der Waals surface area (Å²) in [6, 6.07) is 9.48. The Morgan fingerprint density at radius 2 is 1.53 bits per heavy atom. The van der Waals surface area contributed by atoms with Crippen LogP contribution in [0.5, 0.6) is 0 Å². The molecule has 0 saturated carbocycles. The molecule has 2 heteroatoms. The molecule has 0 aliphatic rings. The zero-order chi connectivity index (χ0) is 14.4. The predicted molar refractivity (Wildman–Crippen MR) is 84.1 cm³/mol. The molecule has 0 aliphatic heterocycles. The van der Waals surface area contributed by atoms with Gasteiger partial charge in [-0.15, -0.1) is 0 Å². The molecule has 2 nitrogen and oxygen atoms in total. The summed E-state index contributed by atoms with van der Waals surface area (Å²) in [6.45, 7) is 10.7. The standard InChI is InChI=1S/C17H30N2/c1-13(2)10-15-6-8-16(9-7-15)12-19(5)17(11-18)14(3)4/h6-9,13-14,17H,10-12,18H2,1-5H3. The lowest BCUT2D eigenvalue weighted by molar-refractivity contribution is 0.190. The van der Waals surface area contributed by atoms with Crippen LogP contribution in [0.3, 0.4) is 0 Å².